The largest absolute Gasteiger partial charge is 0.497 e. The molecule has 180 valence electrons. The Labute approximate surface area is 207 Å². The van der Waals surface area contributed by atoms with E-state index in [-0.39, 0.29) is 17.1 Å². The average molecular weight is 491 g/mol. The molecule has 2 aromatic carbocycles. The molecule has 0 atom stereocenters. The zero-order valence-electron chi connectivity index (χ0n) is 19.7. The number of ether oxygens (including phenoxy) is 2. The zero-order chi connectivity index (χ0) is 24.4. The highest BCUT2D eigenvalue weighted by atomic mass is 32.2. The van der Waals surface area contributed by atoms with Crippen molar-refractivity contribution in [3.63, 3.8) is 0 Å². The van der Waals surface area contributed by atoms with Gasteiger partial charge >= 0.3 is 0 Å². The highest BCUT2D eigenvalue weighted by Gasteiger charge is 2.27. The highest BCUT2D eigenvalue weighted by Crippen LogP contribution is 2.32. The molecule has 3 heterocycles. The molecule has 0 aromatic heterocycles. The quantitative estimate of drug-likeness (QED) is 0.217. The summed E-state index contributed by atoms with van der Waals surface area (Å²) in [4.78, 5) is 31.2. The SMILES string of the molecule is COc1ccc(C(=O)CSc2nc3nn(-c4ccccc4)c(=O)c-3c3n2CCCCC3)c(OC)c1. The molecule has 35 heavy (non-hydrogen) atoms. The van der Waals surface area contributed by atoms with Crippen molar-refractivity contribution in [1.82, 2.24) is 19.3 Å². The van der Waals surface area contributed by atoms with Crippen LogP contribution >= 0.6 is 11.8 Å². The van der Waals surface area contributed by atoms with E-state index in [4.69, 9.17) is 14.5 Å². The van der Waals surface area contributed by atoms with Crippen LogP contribution in [-0.2, 0) is 13.0 Å². The minimum Gasteiger partial charge on any atom is -0.497 e. The summed E-state index contributed by atoms with van der Waals surface area (Å²) in [5.41, 5.74) is 2.58. The molecule has 0 saturated carbocycles. The third-order valence-corrected chi connectivity index (χ3v) is 7.19. The second kappa shape index (κ2) is 9.95. The van der Waals surface area contributed by atoms with Crippen molar-refractivity contribution in [2.75, 3.05) is 20.0 Å². The van der Waals surface area contributed by atoms with Gasteiger partial charge in [0.15, 0.2) is 16.8 Å². The fourth-order valence-corrected chi connectivity index (χ4v) is 5.37. The Hall–Kier alpha value is -3.59. The molecule has 8 nitrogen and oxygen atoms in total. The van der Waals surface area contributed by atoms with Crippen LogP contribution in [0.3, 0.4) is 0 Å². The lowest BCUT2D eigenvalue weighted by Gasteiger charge is -2.17. The number of benzene rings is 2. The third-order valence-electron chi connectivity index (χ3n) is 6.21. The summed E-state index contributed by atoms with van der Waals surface area (Å²) >= 11 is 1.37. The van der Waals surface area contributed by atoms with Crippen LogP contribution in [0.1, 0.15) is 35.3 Å². The molecular formula is C26H26N4O4S. The van der Waals surface area contributed by atoms with Crippen molar-refractivity contribution in [2.45, 2.75) is 37.4 Å². The molecule has 0 bridgehead atoms. The molecular weight excluding hydrogens is 464 g/mol. The van der Waals surface area contributed by atoms with Gasteiger partial charge in [-0.15, -0.1) is 5.10 Å². The van der Waals surface area contributed by atoms with Crippen molar-refractivity contribution in [3.05, 3.63) is 70.1 Å². The van der Waals surface area contributed by atoms with E-state index in [9.17, 15) is 9.59 Å². The molecule has 0 N–H and O–H groups in total. The van der Waals surface area contributed by atoms with Crippen molar-refractivity contribution in [1.29, 1.82) is 0 Å². The van der Waals surface area contributed by atoms with Gasteiger partial charge in [0, 0.05) is 18.3 Å². The first-order valence-electron chi connectivity index (χ1n) is 11.6. The van der Waals surface area contributed by atoms with E-state index < -0.39 is 0 Å². The van der Waals surface area contributed by atoms with Gasteiger partial charge in [-0.25, -0.2) is 4.98 Å². The normalized spacial score (nSPS) is 13.3. The van der Waals surface area contributed by atoms with Crippen molar-refractivity contribution >= 4 is 17.5 Å². The maximum absolute atomic E-state index is 13.4. The minimum atomic E-state index is -0.153. The Morgan fingerprint density at radius 3 is 2.66 bits per heavy atom. The number of hydrogen-bond acceptors (Lipinski definition) is 7. The smallest absolute Gasteiger partial charge is 0.284 e. The van der Waals surface area contributed by atoms with E-state index in [1.807, 2.05) is 30.3 Å². The molecule has 3 aliphatic heterocycles. The number of ketones is 1. The fraction of sp³-hybridized carbons (Fsp3) is 0.308. The van der Waals surface area contributed by atoms with Gasteiger partial charge in [-0.2, -0.15) is 4.68 Å². The van der Waals surface area contributed by atoms with E-state index in [1.165, 1.54) is 23.6 Å². The molecule has 3 aliphatic rings. The van der Waals surface area contributed by atoms with Crippen LogP contribution in [0.5, 0.6) is 11.5 Å². The van der Waals surface area contributed by atoms with Gasteiger partial charge < -0.3 is 14.0 Å². The predicted octanol–water partition coefficient (Wildman–Crippen LogP) is 4.25. The van der Waals surface area contributed by atoms with Gasteiger partial charge in [-0.3, -0.25) is 9.59 Å². The molecule has 2 aromatic rings. The lowest BCUT2D eigenvalue weighted by molar-refractivity contribution is 0.101. The topological polar surface area (TPSA) is 88.2 Å². The number of carbonyl (C=O) groups is 1. The van der Waals surface area contributed by atoms with Crippen molar-refractivity contribution in [3.8, 4) is 28.6 Å². The maximum atomic E-state index is 13.4. The Morgan fingerprint density at radius 2 is 1.89 bits per heavy atom. The summed E-state index contributed by atoms with van der Waals surface area (Å²) in [6.07, 6.45) is 3.86. The molecule has 0 amide bonds. The second-order valence-electron chi connectivity index (χ2n) is 8.33. The number of rotatable bonds is 7. The molecule has 0 unspecified atom stereocenters. The van der Waals surface area contributed by atoms with Crippen LogP contribution in [0.4, 0.5) is 0 Å². The summed E-state index contributed by atoms with van der Waals surface area (Å²) in [7, 11) is 3.11. The number of aromatic nitrogens is 4. The van der Waals surface area contributed by atoms with Gasteiger partial charge in [0.25, 0.3) is 5.56 Å². The summed E-state index contributed by atoms with van der Waals surface area (Å²) < 4.78 is 14.2. The van der Waals surface area contributed by atoms with E-state index in [0.717, 1.165) is 37.9 Å². The standard InChI is InChI=1S/C26H26N4O4S/c1-33-18-12-13-19(22(15-18)34-2)21(31)16-35-26-27-24-23(20-11-7-4-8-14-29(20)26)25(32)30(28-24)17-9-5-3-6-10-17/h3,5-6,9-10,12-13,15H,4,7-8,11,14,16H2,1-2H3. The number of para-hydroxylation sites is 1. The predicted molar refractivity (Wildman–Crippen MR) is 134 cm³/mol. The molecule has 0 fully saturated rings. The van der Waals surface area contributed by atoms with Gasteiger partial charge in [-0.1, -0.05) is 36.4 Å². The van der Waals surface area contributed by atoms with Crippen LogP contribution in [0, 0.1) is 0 Å². The van der Waals surface area contributed by atoms with Crippen molar-refractivity contribution < 1.29 is 14.3 Å². The van der Waals surface area contributed by atoms with E-state index in [0.29, 0.717) is 39.3 Å². The van der Waals surface area contributed by atoms with Gasteiger partial charge in [-0.05, 0) is 43.5 Å². The second-order valence-corrected chi connectivity index (χ2v) is 9.28. The van der Waals surface area contributed by atoms with E-state index >= 15 is 0 Å². The minimum absolute atomic E-state index is 0.0706. The summed E-state index contributed by atoms with van der Waals surface area (Å²) in [5.74, 6) is 1.64. The van der Waals surface area contributed by atoms with Crippen LogP contribution in [0.2, 0.25) is 0 Å². The summed E-state index contributed by atoms with van der Waals surface area (Å²) in [5, 5.41) is 5.26. The van der Waals surface area contributed by atoms with Crippen LogP contribution < -0.4 is 15.0 Å². The monoisotopic (exact) mass is 490 g/mol. The fourth-order valence-electron chi connectivity index (χ4n) is 4.44. The average Bonchev–Trinajstić information content (AvgIpc) is 3.06. The number of fused-ring (bicyclic) bond motifs is 3. The van der Waals surface area contributed by atoms with E-state index in [2.05, 4.69) is 9.67 Å². The van der Waals surface area contributed by atoms with Crippen LogP contribution in [-0.4, -0.2) is 45.1 Å². The lowest BCUT2D eigenvalue weighted by atomic mass is 10.1. The maximum Gasteiger partial charge on any atom is 0.284 e. The first-order chi connectivity index (χ1) is 17.1. The first-order valence-corrected chi connectivity index (χ1v) is 12.5. The lowest BCUT2D eigenvalue weighted by Crippen LogP contribution is -2.19. The summed E-state index contributed by atoms with van der Waals surface area (Å²) in [6.45, 7) is 0.761. The Kier molecular flexibility index (Phi) is 6.59. The third kappa shape index (κ3) is 4.43. The molecule has 0 radical (unpaired) electrons. The van der Waals surface area contributed by atoms with Gasteiger partial charge in [0.2, 0.25) is 0 Å². The highest BCUT2D eigenvalue weighted by molar-refractivity contribution is 7.99. The zero-order valence-corrected chi connectivity index (χ0v) is 20.5. The van der Waals surface area contributed by atoms with E-state index in [1.54, 1.807) is 25.3 Å². The van der Waals surface area contributed by atoms with Crippen molar-refractivity contribution in [2.24, 2.45) is 0 Å². The number of hydrogen-bond donors (Lipinski definition) is 0. The van der Waals surface area contributed by atoms with Gasteiger partial charge in [0.1, 0.15) is 17.1 Å². The molecule has 0 spiro atoms. The number of nitrogens with zero attached hydrogens (tertiary/aromatic N) is 4. The molecule has 0 aliphatic carbocycles. The van der Waals surface area contributed by atoms with Crippen LogP contribution in [0.25, 0.3) is 17.1 Å². The first kappa shape index (κ1) is 23.2. The van der Waals surface area contributed by atoms with Gasteiger partial charge in [0.05, 0.1) is 31.2 Å². The number of Topliss-reactive ketones (excluding diaryl/α,β-unsaturated/α-hetero) is 1. The summed E-state index contributed by atoms with van der Waals surface area (Å²) in [6, 6.07) is 14.5. The Bertz CT molecular complexity index is 1400. The van der Waals surface area contributed by atoms with Crippen LogP contribution in [0.15, 0.2) is 58.5 Å². The Morgan fingerprint density at radius 1 is 1.06 bits per heavy atom. The molecule has 0 saturated heterocycles. The Balaban J connectivity index is 1.52. The molecule has 9 heteroatoms. The molecule has 5 rings (SSSR count). The number of methoxy groups -OCH3 is 2. The number of thioether (sulfide) groups is 1. The number of carbonyl (C=O) groups excluding carboxylic acids is 1.